The summed E-state index contributed by atoms with van der Waals surface area (Å²) in [5.41, 5.74) is 1.97. The number of nitrogens with zero attached hydrogens (tertiary/aromatic N) is 2. The molecule has 1 heterocycles. The minimum atomic E-state index is -0.914. The SMILES string of the molecule is CNCCn1cnc2ccc(C(=O)O)cc21. The van der Waals surface area contributed by atoms with E-state index in [1.807, 2.05) is 11.6 Å². The Labute approximate surface area is 92.7 Å². The summed E-state index contributed by atoms with van der Waals surface area (Å²) in [6.07, 6.45) is 1.73. The number of imidazole rings is 1. The lowest BCUT2D eigenvalue weighted by Crippen LogP contribution is -2.14. The highest BCUT2D eigenvalue weighted by Gasteiger charge is 2.07. The van der Waals surface area contributed by atoms with Gasteiger partial charge in [-0.3, -0.25) is 0 Å². The minimum absolute atomic E-state index is 0.290. The van der Waals surface area contributed by atoms with E-state index in [1.54, 1.807) is 24.5 Å². The molecule has 0 aliphatic carbocycles. The number of carboxylic acid groups (broad SMARTS) is 1. The van der Waals surface area contributed by atoms with Crippen molar-refractivity contribution in [2.45, 2.75) is 6.54 Å². The van der Waals surface area contributed by atoms with Crippen LogP contribution < -0.4 is 5.32 Å². The summed E-state index contributed by atoms with van der Waals surface area (Å²) >= 11 is 0. The van der Waals surface area contributed by atoms with E-state index in [0.29, 0.717) is 5.56 Å². The van der Waals surface area contributed by atoms with Gasteiger partial charge in [-0.2, -0.15) is 0 Å². The molecule has 0 amide bonds. The molecule has 0 aliphatic heterocycles. The molecule has 0 radical (unpaired) electrons. The molecule has 2 N–H and O–H groups in total. The molecule has 0 fully saturated rings. The predicted molar refractivity (Wildman–Crippen MR) is 60.6 cm³/mol. The molecule has 2 rings (SSSR count). The highest BCUT2D eigenvalue weighted by Crippen LogP contribution is 2.14. The fourth-order valence-corrected chi connectivity index (χ4v) is 1.60. The molecule has 0 atom stereocenters. The van der Waals surface area contributed by atoms with Crippen LogP contribution in [0.1, 0.15) is 10.4 Å². The average Bonchev–Trinajstić information content (AvgIpc) is 2.68. The van der Waals surface area contributed by atoms with Crippen LogP contribution in [0, 0.1) is 0 Å². The van der Waals surface area contributed by atoms with Crippen LogP contribution in [0.4, 0.5) is 0 Å². The Kier molecular flexibility index (Phi) is 2.87. The van der Waals surface area contributed by atoms with E-state index in [0.717, 1.165) is 24.1 Å². The number of nitrogens with one attached hydrogen (secondary N) is 1. The monoisotopic (exact) mass is 219 g/mol. The van der Waals surface area contributed by atoms with Crippen molar-refractivity contribution in [3.05, 3.63) is 30.1 Å². The molecule has 2 aromatic rings. The van der Waals surface area contributed by atoms with Gasteiger partial charge in [0.1, 0.15) is 0 Å². The molecule has 1 aromatic carbocycles. The number of hydrogen-bond acceptors (Lipinski definition) is 3. The van der Waals surface area contributed by atoms with Gasteiger partial charge in [-0.1, -0.05) is 0 Å². The number of hydrogen-bond donors (Lipinski definition) is 2. The van der Waals surface area contributed by atoms with Gasteiger partial charge in [0, 0.05) is 13.1 Å². The fourth-order valence-electron chi connectivity index (χ4n) is 1.60. The normalized spacial score (nSPS) is 10.8. The van der Waals surface area contributed by atoms with Crippen LogP contribution >= 0.6 is 0 Å². The van der Waals surface area contributed by atoms with E-state index in [4.69, 9.17) is 5.11 Å². The summed E-state index contributed by atoms with van der Waals surface area (Å²) in [5.74, 6) is -0.914. The Balaban J connectivity index is 2.43. The number of carboxylic acids is 1. The van der Waals surface area contributed by atoms with Crippen molar-refractivity contribution in [1.82, 2.24) is 14.9 Å². The van der Waals surface area contributed by atoms with Crippen molar-refractivity contribution in [1.29, 1.82) is 0 Å². The molecule has 0 unspecified atom stereocenters. The number of carbonyl (C=O) groups is 1. The molecule has 0 spiro atoms. The third-order valence-electron chi connectivity index (χ3n) is 2.47. The second-order valence-corrected chi connectivity index (χ2v) is 3.55. The van der Waals surface area contributed by atoms with Crippen LogP contribution in [-0.4, -0.2) is 34.2 Å². The van der Waals surface area contributed by atoms with Gasteiger partial charge >= 0.3 is 5.97 Å². The van der Waals surface area contributed by atoms with E-state index >= 15 is 0 Å². The number of fused-ring (bicyclic) bond motifs is 1. The second-order valence-electron chi connectivity index (χ2n) is 3.55. The second kappa shape index (κ2) is 4.32. The average molecular weight is 219 g/mol. The first-order chi connectivity index (χ1) is 7.72. The first-order valence-corrected chi connectivity index (χ1v) is 5.05. The van der Waals surface area contributed by atoms with Gasteiger partial charge in [-0.15, -0.1) is 0 Å². The number of rotatable bonds is 4. The molecule has 84 valence electrons. The maximum absolute atomic E-state index is 10.8. The van der Waals surface area contributed by atoms with Crippen LogP contribution in [0.5, 0.6) is 0 Å². The van der Waals surface area contributed by atoms with Gasteiger partial charge in [0.05, 0.1) is 22.9 Å². The Morgan fingerprint density at radius 1 is 1.56 bits per heavy atom. The van der Waals surface area contributed by atoms with Crippen LogP contribution in [0.3, 0.4) is 0 Å². The predicted octanol–water partition coefficient (Wildman–Crippen LogP) is 0.954. The summed E-state index contributed by atoms with van der Waals surface area (Å²) in [6, 6.07) is 4.95. The largest absolute Gasteiger partial charge is 0.478 e. The fraction of sp³-hybridized carbons (Fsp3) is 0.273. The van der Waals surface area contributed by atoms with Gasteiger partial charge in [0.15, 0.2) is 0 Å². The van der Waals surface area contributed by atoms with E-state index in [9.17, 15) is 4.79 Å². The Hall–Kier alpha value is -1.88. The third kappa shape index (κ3) is 1.90. The summed E-state index contributed by atoms with van der Waals surface area (Å²) < 4.78 is 1.94. The number of likely N-dealkylation sites (N-methyl/N-ethyl adjacent to an activating group) is 1. The van der Waals surface area contributed by atoms with E-state index in [2.05, 4.69) is 10.3 Å². The van der Waals surface area contributed by atoms with E-state index in [-0.39, 0.29) is 0 Å². The molecule has 16 heavy (non-hydrogen) atoms. The quantitative estimate of drug-likeness (QED) is 0.803. The van der Waals surface area contributed by atoms with Crippen LogP contribution in [0.15, 0.2) is 24.5 Å². The van der Waals surface area contributed by atoms with Crippen molar-refractivity contribution in [3.8, 4) is 0 Å². The van der Waals surface area contributed by atoms with Crippen molar-refractivity contribution in [2.24, 2.45) is 0 Å². The Morgan fingerprint density at radius 3 is 3.06 bits per heavy atom. The van der Waals surface area contributed by atoms with Crippen molar-refractivity contribution in [3.63, 3.8) is 0 Å². The standard InChI is InChI=1S/C11H13N3O2/c1-12-4-5-14-7-13-9-3-2-8(11(15)16)6-10(9)14/h2-3,6-7,12H,4-5H2,1H3,(H,15,16). The van der Waals surface area contributed by atoms with Gasteiger partial charge in [0.25, 0.3) is 0 Å². The molecule has 5 nitrogen and oxygen atoms in total. The molecule has 0 saturated heterocycles. The maximum atomic E-state index is 10.8. The van der Waals surface area contributed by atoms with Gasteiger partial charge in [0.2, 0.25) is 0 Å². The smallest absolute Gasteiger partial charge is 0.335 e. The summed E-state index contributed by atoms with van der Waals surface area (Å²) in [5, 5.41) is 11.9. The lowest BCUT2D eigenvalue weighted by molar-refractivity contribution is 0.0697. The van der Waals surface area contributed by atoms with Crippen LogP contribution in [-0.2, 0) is 6.54 Å². The molecular formula is C11H13N3O2. The highest BCUT2D eigenvalue weighted by atomic mass is 16.4. The van der Waals surface area contributed by atoms with Crippen LogP contribution in [0.25, 0.3) is 11.0 Å². The van der Waals surface area contributed by atoms with Crippen molar-refractivity contribution >= 4 is 17.0 Å². The maximum Gasteiger partial charge on any atom is 0.335 e. The summed E-state index contributed by atoms with van der Waals surface area (Å²) in [4.78, 5) is 15.1. The topological polar surface area (TPSA) is 67.2 Å². The molecule has 1 aromatic heterocycles. The van der Waals surface area contributed by atoms with Crippen molar-refractivity contribution < 1.29 is 9.90 Å². The zero-order chi connectivity index (χ0) is 11.5. The molecular weight excluding hydrogens is 206 g/mol. The first kappa shape index (κ1) is 10.6. The zero-order valence-corrected chi connectivity index (χ0v) is 8.97. The minimum Gasteiger partial charge on any atom is -0.478 e. The van der Waals surface area contributed by atoms with E-state index in [1.165, 1.54) is 0 Å². The molecule has 0 saturated carbocycles. The molecule has 0 aliphatic rings. The molecule has 5 heteroatoms. The Bertz CT molecular complexity index is 519. The summed E-state index contributed by atoms with van der Waals surface area (Å²) in [6.45, 7) is 1.60. The summed E-state index contributed by atoms with van der Waals surface area (Å²) in [7, 11) is 1.88. The number of benzene rings is 1. The lowest BCUT2D eigenvalue weighted by atomic mass is 10.2. The third-order valence-corrected chi connectivity index (χ3v) is 2.47. The van der Waals surface area contributed by atoms with E-state index < -0.39 is 5.97 Å². The first-order valence-electron chi connectivity index (χ1n) is 5.05. The highest BCUT2D eigenvalue weighted by molar-refractivity contribution is 5.92. The van der Waals surface area contributed by atoms with Gasteiger partial charge in [-0.25, -0.2) is 9.78 Å². The number of aromatic carboxylic acids is 1. The van der Waals surface area contributed by atoms with Gasteiger partial charge in [-0.05, 0) is 25.2 Å². The van der Waals surface area contributed by atoms with Crippen LogP contribution in [0.2, 0.25) is 0 Å². The van der Waals surface area contributed by atoms with Crippen molar-refractivity contribution in [2.75, 3.05) is 13.6 Å². The van der Waals surface area contributed by atoms with Gasteiger partial charge < -0.3 is 15.0 Å². The Morgan fingerprint density at radius 2 is 2.38 bits per heavy atom. The lowest BCUT2D eigenvalue weighted by Gasteiger charge is -2.03. The number of aromatic nitrogens is 2. The molecule has 0 bridgehead atoms. The zero-order valence-electron chi connectivity index (χ0n) is 8.97.